The lowest BCUT2D eigenvalue weighted by atomic mass is 10.2. The van der Waals surface area contributed by atoms with E-state index in [-0.39, 0.29) is 11.7 Å². The zero-order chi connectivity index (χ0) is 14.1. The molecule has 0 radical (unpaired) electrons. The van der Waals surface area contributed by atoms with Crippen molar-refractivity contribution in [2.75, 3.05) is 5.32 Å². The number of aromatic nitrogens is 1. The van der Waals surface area contributed by atoms with Crippen molar-refractivity contribution in [3.63, 3.8) is 0 Å². The van der Waals surface area contributed by atoms with Gasteiger partial charge in [-0.25, -0.2) is 9.37 Å². The lowest BCUT2D eigenvalue weighted by Crippen LogP contribution is -2.11. The van der Waals surface area contributed by atoms with Gasteiger partial charge in [0.05, 0.1) is 4.70 Å². The largest absolute Gasteiger partial charge is 0.298 e. The highest BCUT2D eigenvalue weighted by Crippen LogP contribution is 2.33. The van der Waals surface area contributed by atoms with Crippen LogP contribution in [0.5, 0.6) is 0 Å². The van der Waals surface area contributed by atoms with Gasteiger partial charge in [0.25, 0.3) is 5.91 Å². The zero-order valence-corrected chi connectivity index (χ0v) is 12.5. The van der Waals surface area contributed by atoms with Crippen LogP contribution in [-0.2, 0) is 0 Å². The predicted molar refractivity (Wildman–Crippen MR) is 81.7 cm³/mol. The molecule has 6 heteroatoms. The van der Waals surface area contributed by atoms with Crippen LogP contribution >= 0.6 is 27.3 Å². The van der Waals surface area contributed by atoms with Crippen molar-refractivity contribution in [3.8, 4) is 0 Å². The van der Waals surface area contributed by atoms with E-state index in [1.807, 2.05) is 6.07 Å². The highest BCUT2D eigenvalue weighted by atomic mass is 79.9. The van der Waals surface area contributed by atoms with Gasteiger partial charge in [-0.15, -0.1) is 0 Å². The van der Waals surface area contributed by atoms with Crippen molar-refractivity contribution in [2.45, 2.75) is 0 Å². The number of carbonyl (C=O) groups excluding carboxylic acids is 1. The van der Waals surface area contributed by atoms with E-state index < -0.39 is 0 Å². The molecular weight excluding hydrogens is 343 g/mol. The first kappa shape index (κ1) is 13.2. The number of carbonyl (C=O) groups is 1. The van der Waals surface area contributed by atoms with Crippen LogP contribution in [0, 0.1) is 5.82 Å². The fourth-order valence-corrected chi connectivity index (χ4v) is 3.20. The van der Waals surface area contributed by atoms with E-state index in [2.05, 4.69) is 26.2 Å². The molecule has 1 amide bonds. The minimum absolute atomic E-state index is 0.263. The summed E-state index contributed by atoms with van der Waals surface area (Å²) in [5.41, 5.74) is 1.05. The van der Waals surface area contributed by atoms with Gasteiger partial charge in [-0.1, -0.05) is 29.5 Å². The molecule has 1 N–H and O–H groups in total. The summed E-state index contributed by atoms with van der Waals surface area (Å²) in [5.74, 6) is -0.609. The second-order valence-electron chi connectivity index (χ2n) is 4.05. The van der Waals surface area contributed by atoms with Gasteiger partial charge in [0, 0.05) is 10.0 Å². The van der Waals surface area contributed by atoms with Crippen LogP contribution in [0.15, 0.2) is 46.9 Å². The molecule has 3 nitrogen and oxygen atoms in total. The summed E-state index contributed by atoms with van der Waals surface area (Å²) >= 11 is 4.43. The van der Waals surface area contributed by atoms with E-state index in [0.717, 1.165) is 11.3 Å². The molecule has 0 saturated heterocycles. The standard InChI is InChI=1S/C14H8BrFN2OS/c15-9-6-7-10(16)12-11(9)17-14(20-12)18-13(19)8-4-2-1-3-5-8/h1-7H,(H,17,18,19). The molecule has 2 aromatic carbocycles. The van der Waals surface area contributed by atoms with Gasteiger partial charge in [-0.3, -0.25) is 10.1 Å². The number of anilines is 1. The second kappa shape index (κ2) is 5.30. The highest BCUT2D eigenvalue weighted by Gasteiger charge is 2.13. The van der Waals surface area contributed by atoms with Crippen molar-refractivity contribution in [1.82, 2.24) is 4.98 Å². The van der Waals surface area contributed by atoms with Gasteiger partial charge < -0.3 is 0 Å². The molecule has 20 heavy (non-hydrogen) atoms. The van der Waals surface area contributed by atoms with E-state index >= 15 is 0 Å². The normalized spacial score (nSPS) is 10.7. The Kier molecular flexibility index (Phi) is 3.50. The van der Waals surface area contributed by atoms with Gasteiger partial charge in [0.15, 0.2) is 5.13 Å². The second-order valence-corrected chi connectivity index (χ2v) is 5.90. The lowest BCUT2D eigenvalue weighted by Gasteiger charge is -2.00. The highest BCUT2D eigenvalue weighted by molar-refractivity contribution is 9.10. The quantitative estimate of drug-likeness (QED) is 0.741. The molecule has 0 atom stereocenters. The molecule has 0 fully saturated rings. The van der Waals surface area contributed by atoms with Gasteiger partial charge >= 0.3 is 0 Å². The Morgan fingerprint density at radius 2 is 1.95 bits per heavy atom. The van der Waals surface area contributed by atoms with Crippen molar-refractivity contribution in [2.24, 2.45) is 0 Å². The van der Waals surface area contributed by atoms with Gasteiger partial charge in [-0.05, 0) is 40.2 Å². The third-order valence-electron chi connectivity index (χ3n) is 2.70. The molecular formula is C14H8BrFN2OS. The fourth-order valence-electron chi connectivity index (χ4n) is 1.76. The first-order valence-corrected chi connectivity index (χ1v) is 7.37. The molecule has 1 aromatic heterocycles. The zero-order valence-electron chi connectivity index (χ0n) is 10.1. The molecule has 0 aliphatic heterocycles. The van der Waals surface area contributed by atoms with E-state index in [9.17, 15) is 9.18 Å². The summed E-state index contributed by atoms with van der Waals surface area (Å²) in [5, 5.41) is 3.06. The molecule has 0 saturated carbocycles. The average molecular weight is 351 g/mol. The summed E-state index contributed by atoms with van der Waals surface area (Å²) in [4.78, 5) is 16.2. The Labute approximate surface area is 126 Å². The SMILES string of the molecule is O=C(Nc1nc2c(Br)ccc(F)c2s1)c1ccccc1. The first-order valence-electron chi connectivity index (χ1n) is 5.76. The minimum atomic E-state index is -0.346. The van der Waals surface area contributed by atoms with E-state index in [0.29, 0.717) is 25.4 Å². The molecule has 0 unspecified atom stereocenters. The van der Waals surface area contributed by atoms with Crippen LogP contribution in [0.25, 0.3) is 10.2 Å². The van der Waals surface area contributed by atoms with Crippen LogP contribution < -0.4 is 5.32 Å². The first-order chi connectivity index (χ1) is 9.65. The third kappa shape index (κ3) is 2.44. The van der Waals surface area contributed by atoms with Gasteiger partial charge in [0.1, 0.15) is 11.3 Å². The van der Waals surface area contributed by atoms with E-state index in [1.54, 1.807) is 30.3 Å². The Bertz CT molecular complexity index is 749. The molecule has 1 heterocycles. The molecule has 0 spiro atoms. The monoisotopic (exact) mass is 350 g/mol. The van der Waals surface area contributed by atoms with Crippen LogP contribution in [0.4, 0.5) is 9.52 Å². The topological polar surface area (TPSA) is 42.0 Å². The van der Waals surface area contributed by atoms with Crippen LogP contribution in [0.2, 0.25) is 0 Å². The third-order valence-corrected chi connectivity index (χ3v) is 4.32. The lowest BCUT2D eigenvalue weighted by molar-refractivity contribution is 0.102. The number of fused-ring (bicyclic) bond motifs is 1. The Hall–Kier alpha value is -1.79. The number of halogens is 2. The fraction of sp³-hybridized carbons (Fsp3) is 0. The summed E-state index contributed by atoms with van der Waals surface area (Å²) in [6.45, 7) is 0. The molecule has 0 bridgehead atoms. The number of hydrogen-bond donors (Lipinski definition) is 1. The summed E-state index contributed by atoms with van der Waals surface area (Å²) in [6.07, 6.45) is 0. The molecule has 3 aromatic rings. The molecule has 3 rings (SSSR count). The number of nitrogens with zero attached hydrogens (tertiary/aromatic N) is 1. The number of rotatable bonds is 2. The average Bonchev–Trinajstić information content (AvgIpc) is 2.89. The van der Waals surface area contributed by atoms with E-state index in [4.69, 9.17) is 0 Å². The van der Waals surface area contributed by atoms with Crippen molar-refractivity contribution in [3.05, 3.63) is 58.3 Å². The summed E-state index contributed by atoms with van der Waals surface area (Å²) in [7, 11) is 0. The predicted octanol–water partition coefficient (Wildman–Crippen LogP) is 4.45. The van der Waals surface area contributed by atoms with E-state index in [1.165, 1.54) is 6.07 Å². The Balaban J connectivity index is 1.94. The molecule has 0 aliphatic carbocycles. The molecule has 100 valence electrons. The molecule has 0 aliphatic rings. The van der Waals surface area contributed by atoms with Crippen molar-refractivity contribution in [1.29, 1.82) is 0 Å². The summed E-state index contributed by atoms with van der Waals surface area (Å²) in [6, 6.07) is 11.8. The number of benzene rings is 2. The maximum absolute atomic E-state index is 13.7. The Morgan fingerprint density at radius 1 is 1.20 bits per heavy atom. The number of amides is 1. The van der Waals surface area contributed by atoms with Crippen LogP contribution in [0.3, 0.4) is 0 Å². The van der Waals surface area contributed by atoms with Crippen molar-refractivity contribution < 1.29 is 9.18 Å². The number of thiazole rings is 1. The maximum Gasteiger partial charge on any atom is 0.257 e. The minimum Gasteiger partial charge on any atom is -0.298 e. The van der Waals surface area contributed by atoms with Gasteiger partial charge in [0.2, 0.25) is 0 Å². The van der Waals surface area contributed by atoms with Crippen LogP contribution in [0.1, 0.15) is 10.4 Å². The number of hydrogen-bond acceptors (Lipinski definition) is 3. The smallest absolute Gasteiger partial charge is 0.257 e. The van der Waals surface area contributed by atoms with Gasteiger partial charge in [-0.2, -0.15) is 0 Å². The van der Waals surface area contributed by atoms with Crippen LogP contribution in [-0.4, -0.2) is 10.9 Å². The maximum atomic E-state index is 13.7. The van der Waals surface area contributed by atoms with Crippen molar-refractivity contribution >= 4 is 48.5 Å². The Morgan fingerprint density at radius 3 is 2.65 bits per heavy atom. The number of nitrogens with one attached hydrogen (secondary N) is 1. The summed E-state index contributed by atoms with van der Waals surface area (Å²) < 4.78 is 14.8.